The van der Waals surface area contributed by atoms with Crippen LogP contribution in [-0.2, 0) is 13.1 Å². The van der Waals surface area contributed by atoms with E-state index in [0.29, 0.717) is 0 Å². The molecule has 0 spiro atoms. The first-order chi connectivity index (χ1) is 10.2. The average molecular weight is 348 g/mol. The third-order valence-corrected chi connectivity index (χ3v) is 3.97. The molecule has 0 radical (unpaired) electrons. The second-order valence-corrected chi connectivity index (χ2v) is 6.00. The van der Waals surface area contributed by atoms with E-state index >= 15 is 0 Å². The van der Waals surface area contributed by atoms with Crippen molar-refractivity contribution in [1.29, 1.82) is 0 Å². The van der Waals surface area contributed by atoms with Gasteiger partial charge in [0.1, 0.15) is 4.60 Å². The molecule has 7 nitrogen and oxygen atoms in total. The van der Waals surface area contributed by atoms with Gasteiger partial charge in [-0.1, -0.05) is 0 Å². The second kappa shape index (κ2) is 4.81. The maximum Gasteiger partial charge on any atom is 0.177 e. The van der Waals surface area contributed by atoms with Crippen LogP contribution in [0.2, 0.25) is 0 Å². The standard InChI is InChI=1S/C13H14BrN7/c1-19-4-5-20-9(8-19)6-12(18-20)16-10-7-11(14)17-21-3-2-15-13(10)21/h2-3,6-7H,4-5,8H2,1H3,(H,16,18). The molecule has 4 rings (SSSR count). The number of nitrogens with zero attached hydrogens (tertiary/aromatic N) is 6. The highest BCUT2D eigenvalue weighted by atomic mass is 79.9. The number of halogens is 1. The van der Waals surface area contributed by atoms with E-state index in [-0.39, 0.29) is 0 Å². The van der Waals surface area contributed by atoms with Crippen LogP contribution in [0, 0.1) is 0 Å². The Balaban J connectivity index is 1.70. The van der Waals surface area contributed by atoms with Crippen molar-refractivity contribution in [3.63, 3.8) is 0 Å². The number of hydrogen-bond acceptors (Lipinski definition) is 5. The maximum absolute atomic E-state index is 4.61. The Morgan fingerprint density at radius 2 is 2.14 bits per heavy atom. The molecule has 1 aliphatic rings. The molecule has 0 saturated heterocycles. The van der Waals surface area contributed by atoms with E-state index in [2.05, 4.69) is 59.1 Å². The molecule has 1 aliphatic heterocycles. The minimum Gasteiger partial charge on any atom is -0.336 e. The summed E-state index contributed by atoms with van der Waals surface area (Å²) in [6, 6.07) is 4.00. The molecule has 4 heterocycles. The van der Waals surface area contributed by atoms with Crippen LogP contribution in [0.25, 0.3) is 5.65 Å². The Kier molecular flexibility index (Phi) is 2.93. The highest BCUT2D eigenvalue weighted by molar-refractivity contribution is 9.10. The molecule has 3 aromatic heterocycles. The zero-order valence-electron chi connectivity index (χ0n) is 11.5. The van der Waals surface area contributed by atoms with E-state index in [1.165, 1.54) is 5.69 Å². The highest BCUT2D eigenvalue weighted by Crippen LogP contribution is 2.24. The van der Waals surface area contributed by atoms with Gasteiger partial charge < -0.3 is 5.32 Å². The minimum absolute atomic E-state index is 0.749. The van der Waals surface area contributed by atoms with E-state index in [0.717, 1.165) is 41.4 Å². The van der Waals surface area contributed by atoms with Gasteiger partial charge in [0, 0.05) is 37.6 Å². The van der Waals surface area contributed by atoms with E-state index in [1.54, 1.807) is 10.7 Å². The molecule has 0 aromatic carbocycles. The lowest BCUT2D eigenvalue weighted by molar-refractivity contribution is 0.259. The van der Waals surface area contributed by atoms with Gasteiger partial charge in [0.2, 0.25) is 0 Å². The molecule has 0 amide bonds. The minimum atomic E-state index is 0.749. The summed E-state index contributed by atoms with van der Waals surface area (Å²) in [5.74, 6) is 0.836. The smallest absolute Gasteiger partial charge is 0.177 e. The van der Waals surface area contributed by atoms with Crippen molar-refractivity contribution >= 4 is 33.1 Å². The number of rotatable bonds is 2. The van der Waals surface area contributed by atoms with Crippen molar-refractivity contribution in [2.75, 3.05) is 18.9 Å². The van der Waals surface area contributed by atoms with Crippen molar-refractivity contribution in [1.82, 2.24) is 29.3 Å². The predicted octanol–water partition coefficient (Wildman–Crippen LogP) is 1.88. The SMILES string of the molecule is CN1CCn2nc(Nc3cc(Br)nn4ccnc34)cc2C1. The fraction of sp³-hybridized carbons (Fsp3) is 0.308. The Labute approximate surface area is 129 Å². The summed E-state index contributed by atoms with van der Waals surface area (Å²) in [5, 5.41) is 12.3. The van der Waals surface area contributed by atoms with Crippen LogP contribution >= 0.6 is 15.9 Å². The number of likely N-dealkylation sites (N-methyl/N-ethyl adjacent to an activating group) is 1. The molecule has 0 unspecified atom stereocenters. The molecular formula is C13H14BrN7. The Morgan fingerprint density at radius 3 is 3.05 bits per heavy atom. The Morgan fingerprint density at radius 1 is 1.24 bits per heavy atom. The number of imidazole rings is 1. The van der Waals surface area contributed by atoms with Gasteiger partial charge in [-0.05, 0) is 23.0 Å². The number of hydrogen-bond donors (Lipinski definition) is 1. The topological polar surface area (TPSA) is 63.3 Å². The van der Waals surface area contributed by atoms with E-state index in [1.807, 2.05) is 12.3 Å². The van der Waals surface area contributed by atoms with Crippen molar-refractivity contribution in [3.05, 3.63) is 34.8 Å². The molecule has 0 saturated carbocycles. The monoisotopic (exact) mass is 347 g/mol. The van der Waals surface area contributed by atoms with Crippen molar-refractivity contribution in [3.8, 4) is 0 Å². The normalized spacial score (nSPS) is 15.3. The summed E-state index contributed by atoms with van der Waals surface area (Å²) in [6.45, 7) is 2.87. The van der Waals surface area contributed by atoms with E-state index in [4.69, 9.17) is 0 Å². The van der Waals surface area contributed by atoms with Gasteiger partial charge in [0.25, 0.3) is 0 Å². The summed E-state index contributed by atoms with van der Waals surface area (Å²) >= 11 is 3.41. The summed E-state index contributed by atoms with van der Waals surface area (Å²) in [4.78, 5) is 6.61. The lowest BCUT2D eigenvalue weighted by Gasteiger charge is -2.22. The van der Waals surface area contributed by atoms with Gasteiger partial charge in [-0.3, -0.25) is 9.58 Å². The summed E-state index contributed by atoms with van der Waals surface area (Å²) in [7, 11) is 2.12. The van der Waals surface area contributed by atoms with Crippen LogP contribution in [0.3, 0.4) is 0 Å². The van der Waals surface area contributed by atoms with Gasteiger partial charge in [-0.25, -0.2) is 9.50 Å². The van der Waals surface area contributed by atoms with Crippen molar-refractivity contribution < 1.29 is 0 Å². The van der Waals surface area contributed by atoms with Crippen LogP contribution < -0.4 is 5.32 Å². The molecule has 0 atom stereocenters. The van der Waals surface area contributed by atoms with Gasteiger partial charge in [-0.15, -0.1) is 0 Å². The van der Waals surface area contributed by atoms with E-state index in [9.17, 15) is 0 Å². The van der Waals surface area contributed by atoms with Crippen LogP contribution in [0.4, 0.5) is 11.5 Å². The van der Waals surface area contributed by atoms with Crippen LogP contribution in [0.1, 0.15) is 5.69 Å². The third kappa shape index (κ3) is 2.30. The fourth-order valence-electron chi connectivity index (χ4n) is 2.57. The largest absolute Gasteiger partial charge is 0.336 e. The predicted molar refractivity (Wildman–Crippen MR) is 82.5 cm³/mol. The second-order valence-electron chi connectivity index (χ2n) is 5.18. The van der Waals surface area contributed by atoms with Crippen LogP contribution in [0.15, 0.2) is 29.1 Å². The fourth-order valence-corrected chi connectivity index (χ4v) is 2.97. The van der Waals surface area contributed by atoms with Gasteiger partial charge >= 0.3 is 0 Å². The first-order valence-corrected chi connectivity index (χ1v) is 7.50. The van der Waals surface area contributed by atoms with Crippen LogP contribution in [-0.4, -0.2) is 42.9 Å². The first-order valence-electron chi connectivity index (χ1n) is 6.71. The van der Waals surface area contributed by atoms with Gasteiger partial charge in [-0.2, -0.15) is 10.2 Å². The lowest BCUT2D eigenvalue weighted by Crippen LogP contribution is -2.30. The molecule has 8 heteroatoms. The molecule has 108 valence electrons. The van der Waals surface area contributed by atoms with Gasteiger partial charge in [0.05, 0.1) is 17.9 Å². The first kappa shape index (κ1) is 12.8. The summed E-state index contributed by atoms with van der Waals surface area (Å²) < 4.78 is 4.54. The molecule has 0 aliphatic carbocycles. The Bertz CT molecular complexity index is 806. The third-order valence-electron chi connectivity index (χ3n) is 3.58. The molecule has 1 N–H and O–H groups in total. The number of fused-ring (bicyclic) bond motifs is 2. The molecule has 0 fully saturated rings. The number of aromatic nitrogens is 5. The highest BCUT2D eigenvalue weighted by Gasteiger charge is 2.16. The van der Waals surface area contributed by atoms with Gasteiger partial charge in [0.15, 0.2) is 11.5 Å². The summed E-state index contributed by atoms with van der Waals surface area (Å²) in [6.07, 6.45) is 3.55. The number of nitrogens with one attached hydrogen (secondary N) is 1. The van der Waals surface area contributed by atoms with E-state index < -0.39 is 0 Å². The van der Waals surface area contributed by atoms with Crippen molar-refractivity contribution in [2.45, 2.75) is 13.1 Å². The summed E-state index contributed by atoms with van der Waals surface area (Å²) in [5.41, 5.74) is 2.88. The quantitative estimate of drug-likeness (QED) is 0.766. The Hall–Kier alpha value is -1.93. The molecule has 0 bridgehead atoms. The molecular weight excluding hydrogens is 334 g/mol. The number of anilines is 2. The zero-order valence-corrected chi connectivity index (χ0v) is 13.1. The maximum atomic E-state index is 4.61. The van der Waals surface area contributed by atoms with Crippen molar-refractivity contribution in [2.24, 2.45) is 0 Å². The van der Waals surface area contributed by atoms with Crippen LogP contribution in [0.5, 0.6) is 0 Å². The molecule has 3 aromatic rings. The lowest BCUT2D eigenvalue weighted by atomic mass is 10.3. The average Bonchev–Trinajstić information content (AvgIpc) is 3.03. The molecule has 21 heavy (non-hydrogen) atoms. The zero-order chi connectivity index (χ0) is 14.4.